The molecular formula is C36H54N4O5. The van der Waals surface area contributed by atoms with Crippen molar-refractivity contribution in [2.75, 3.05) is 38.7 Å². The number of ether oxygens (including phenoxy) is 2. The van der Waals surface area contributed by atoms with Crippen LogP contribution >= 0.6 is 0 Å². The van der Waals surface area contributed by atoms with Crippen molar-refractivity contribution in [2.24, 2.45) is 5.92 Å². The molecule has 248 valence electrons. The van der Waals surface area contributed by atoms with Crippen LogP contribution in [0.3, 0.4) is 0 Å². The van der Waals surface area contributed by atoms with E-state index in [0.29, 0.717) is 36.7 Å². The number of carbonyl (C=O) groups excluding carboxylic acids is 2. The van der Waals surface area contributed by atoms with Crippen LogP contribution in [-0.2, 0) is 11.3 Å². The Morgan fingerprint density at radius 1 is 1.04 bits per heavy atom. The molecule has 45 heavy (non-hydrogen) atoms. The number of aliphatic hydroxyl groups is 1. The number of hydrogen-bond acceptors (Lipinski definition) is 6. The Morgan fingerprint density at radius 3 is 2.51 bits per heavy atom. The average Bonchev–Trinajstić information content (AvgIpc) is 3.03. The highest BCUT2D eigenvalue weighted by molar-refractivity contribution is 5.99. The van der Waals surface area contributed by atoms with Gasteiger partial charge in [0.2, 0.25) is 0 Å². The van der Waals surface area contributed by atoms with Gasteiger partial charge in [0.05, 0.1) is 30.4 Å². The third-order valence-electron chi connectivity index (χ3n) is 9.04. The summed E-state index contributed by atoms with van der Waals surface area (Å²) in [5.41, 5.74) is 2.14. The molecule has 1 aliphatic carbocycles. The Hall–Kier alpha value is -3.14. The quantitative estimate of drug-likeness (QED) is 0.330. The molecule has 9 heteroatoms. The van der Waals surface area contributed by atoms with Gasteiger partial charge in [0.1, 0.15) is 5.75 Å². The maximum atomic E-state index is 14.3. The molecule has 9 nitrogen and oxygen atoms in total. The van der Waals surface area contributed by atoms with Crippen LogP contribution in [0.1, 0.15) is 88.1 Å². The number of nitrogens with one attached hydrogen (secondary N) is 2. The molecule has 1 saturated carbocycles. The summed E-state index contributed by atoms with van der Waals surface area (Å²) in [5.74, 6) is 0.242. The Balaban J connectivity index is 1.56. The molecule has 3 amide bonds. The summed E-state index contributed by atoms with van der Waals surface area (Å²) in [6.45, 7) is 8.37. The Morgan fingerprint density at radius 2 is 1.78 bits per heavy atom. The maximum Gasteiger partial charge on any atom is 0.319 e. The molecule has 1 heterocycles. The van der Waals surface area contributed by atoms with E-state index in [0.717, 1.165) is 51.5 Å². The number of likely N-dealkylation sites (N-methyl/N-ethyl adjacent to an activating group) is 1. The lowest BCUT2D eigenvalue weighted by atomic mass is 9.96. The summed E-state index contributed by atoms with van der Waals surface area (Å²) >= 11 is 0. The van der Waals surface area contributed by atoms with Gasteiger partial charge in [0, 0.05) is 43.9 Å². The summed E-state index contributed by atoms with van der Waals surface area (Å²) in [4.78, 5) is 31.2. The number of fused-ring (bicyclic) bond motifs is 1. The van der Waals surface area contributed by atoms with Crippen LogP contribution < -0.4 is 15.4 Å². The van der Waals surface area contributed by atoms with Gasteiger partial charge in [-0.1, -0.05) is 56.5 Å². The van der Waals surface area contributed by atoms with Crippen molar-refractivity contribution in [1.29, 1.82) is 0 Å². The zero-order chi connectivity index (χ0) is 32.2. The predicted octanol–water partition coefficient (Wildman–Crippen LogP) is 6.07. The van der Waals surface area contributed by atoms with Crippen molar-refractivity contribution in [2.45, 2.75) is 103 Å². The smallest absolute Gasteiger partial charge is 0.319 e. The minimum absolute atomic E-state index is 0.00464. The van der Waals surface area contributed by atoms with E-state index in [1.54, 1.807) is 23.1 Å². The lowest BCUT2D eigenvalue weighted by molar-refractivity contribution is -0.0177. The fourth-order valence-corrected chi connectivity index (χ4v) is 6.33. The number of aliphatic hydroxyl groups excluding tert-OH is 1. The van der Waals surface area contributed by atoms with Gasteiger partial charge in [-0.2, -0.15) is 0 Å². The van der Waals surface area contributed by atoms with E-state index in [-0.39, 0.29) is 42.7 Å². The van der Waals surface area contributed by atoms with Gasteiger partial charge in [0.15, 0.2) is 0 Å². The molecular weight excluding hydrogens is 568 g/mol. The first-order valence-corrected chi connectivity index (χ1v) is 16.9. The fraction of sp³-hybridized carbons (Fsp3) is 0.611. The molecule has 4 rings (SSSR count). The van der Waals surface area contributed by atoms with Gasteiger partial charge in [0.25, 0.3) is 5.91 Å². The predicted molar refractivity (Wildman–Crippen MR) is 179 cm³/mol. The topological polar surface area (TPSA) is 103 Å². The molecule has 3 N–H and O–H groups in total. The standard InChI is InChI=1S/C36H54N4O5/c1-26-22-40(27(2)25-41)35(42)32-21-31(38-36(43)37-30-16-9-6-10-17-30)18-19-33(32)45-28(3)13-11-12-20-44-34(26)24-39(4)23-29-14-7-5-8-15-29/h5,7-8,14-15,18-19,21,26-28,30,34,41H,6,9-13,16-17,20,22-25H2,1-4H3,(H2,37,38,43)/t26-,27+,28+,34-/m1/s1. The second-order valence-electron chi connectivity index (χ2n) is 13.1. The van der Waals surface area contributed by atoms with Crippen molar-refractivity contribution in [3.8, 4) is 5.75 Å². The normalized spacial score (nSPS) is 23.0. The van der Waals surface area contributed by atoms with Crippen molar-refractivity contribution in [3.05, 3.63) is 59.7 Å². The number of carbonyl (C=O) groups is 2. The van der Waals surface area contributed by atoms with E-state index in [4.69, 9.17) is 9.47 Å². The first-order chi connectivity index (χ1) is 21.7. The average molecular weight is 623 g/mol. The third kappa shape index (κ3) is 10.7. The van der Waals surface area contributed by atoms with Gasteiger partial charge < -0.3 is 30.1 Å². The van der Waals surface area contributed by atoms with Crippen molar-refractivity contribution in [1.82, 2.24) is 15.1 Å². The summed E-state index contributed by atoms with van der Waals surface area (Å²) in [6.07, 6.45) is 7.91. The molecule has 2 aromatic carbocycles. The second-order valence-corrected chi connectivity index (χ2v) is 13.1. The van der Waals surface area contributed by atoms with Crippen LogP contribution in [0.5, 0.6) is 5.75 Å². The van der Waals surface area contributed by atoms with E-state index in [2.05, 4.69) is 53.8 Å². The first-order valence-electron chi connectivity index (χ1n) is 16.9. The number of hydrogen-bond donors (Lipinski definition) is 3. The van der Waals surface area contributed by atoms with Gasteiger partial charge in [-0.05, 0) is 76.8 Å². The SMILES string of the molecule is C[C@@H]1CN([C@@H](C)CO)C(=O)c2cc(NC(=O)NC3CCCCC3)ccc2O[C@@H](C)CCCCO[C@@H]1CN(C)Cc1ccccc1. The minimum atomic E-state index is -0.424. The number of nitrogens with zero attached hydrogens (tertiary/aromatic N) is 2. The second kappa shape index (κ2) is 17.5. The van der Waals surface area contributed by atoms with Gasteiger partial charge in [-0.3, -0.25) is 9.69 Å². The molecule has 2 aromatic rings. The van der Waals surface area contributed by atoms with Gasteiger partial charge >= 0.3 is 6.03 Å². The maximum absolute atomic E-state index is 14.3. The van der Waals surface area contributed by atoms with Crippen LogP contribution in [0.2, 0.25) is 0 Å². The fourth-order valence-electron chi connectivity index (χ4n) is 6.33. The molecule has 0 unspecified atom stereocenters. The Kier molecular flexibility index (Phi) is 13.5. The zero-order valence-corrected chi connectivity index (χ0v) is 27.7. The van der Waals surface area contributed by atoms with E-state index >= 15 is 0 Å². The molecule has 0 aromatic heterocycles. The summed E-state index contributed by atoms with van der Waals surface area (Å²) in [6, 6.07) is 15.1. The van der Waals surface area contributed by atoms with Crippen LogP contribution in [0.25, 0.3) is 0 Å². The van der Waals surface area contributed by atoms with Gasteiger partial charge in [-0.25, -0.2) is 4.79 Å². The van der Waals surface area contributed by atoms with Crippen LogP contribution in [0.15, 0.2) is 48.5 Å². The molecule has 0 saturated heterocycles. The molecule has 0 bridgehead atoms. The monoisotopic (exact) mass is 622 g/mol. The molecule has 1 fully saturated rings. The largest absolute Gasteiger partial charge is 0.490 e. The van der Waals surface area contributed by atoms with E-state index in [1.807, 2.05) is 19.9 Å². The highest BCUT2D eigenvalue weighted by Crippen LogP contribution is 2.29. The molecule has 1 aliphatic heterocycles. The van der Waals surface area contributed by atoms with Crippen LogP contribution in [-0.4, -0.2) is 84.5 Å². The van der Waals surface area contributed by atoms with Crippen molar-refractivity contribution >= 4 is 17.6 Å². The highest BCUT2D eigenvalue weighted by Gasteiger charge is 2.30. The lowest BCUT2D eigenvalue weighted by Crippen LogP contribution is -2.47. The lowest BCUT2D eigenvalue weighted by Gasteiger charge is -2.36. The number of rotatable bonds is 8. The first kappa shape index (κ1) is 34.7. The summed E-state index contributed by atoms with van der Waals surface area (Å²) < 4.78 is 12.8. The van der Waals surface area contributed by atoms with E-state index in [9.17, 15) is 14.7 Å². The molecule has 4 atom stereocenters. The molecule has 2 aliphatic rings. The summed E-state index contributed by atoms with van der Waals surface area (Å²) in [5, 5.41) is 16.3. The summed E-state index contributed by atoms with van der Waals surface area (Å²) in [7, 11) is 2.10. The van der Waals surface area contributed by atoms with Crippen molar-refractivity contribution < 1.29 is 24.2 Å². The van der Waals surface area contributed by atoms with Gasteiger partial charge in [-0.15, -0.1) is 0 Å². The highest BCUT2D eigenvalue weighted by atomic mass is 16.5. The Labute approximate surface area is 269 Å². The molecule has 0 radical (unpaired) electrons. The number of amides is 3. The third-order valence-corrected chi connectivity index (χ3v) is 9.04. The van der Waals surface area contributed by atoms with Crippen LogP contribution in [0.4, 0.5) is 10.5 Å². The van der Waals surface area contributed by atoms with E-state index < -0.39 is 6.04 Å². The zero-order valence-electron chi connectivity index (χ0n) is 27.7. The van der Waals surface area contributed by atoms with E-state index in [1.165, 1.54) is 12.0 Å². The number of benzene rings is 2. The van der Waals surface area contributed by atoms with Crippen LogP contribution in [0, 0.1) is 5.92 Å². The Bertz CT molecular complexity index is 1210. The minimum Gasteiger partial charge on any atom is -0.490 e. The number of anilines is 1. The van der Waals surface area contributed by atoms with Crippen molar-refractivity contribution in [3.63, 3.8) is 0 Å². The number of urea groups is 1. The molecule has 0 spiro atoms.